The van der Waals surface area contributed by atoms with Crippen LogP contribution in [0.2, 0.25) is 0 Å². The molecule has 240 valence electrons. The SMILES string of the molecule is Oc1c(CN(CC2=CC=CCN2)Cc2ccccn2)cc(-c2ccc(N=C=S)cc2)cc1CN(Cc1ccccn1)Cc1ccccn1. The third kappa shape index (κ3) is 9.15. The lowest BCUT2D eigenvalue weighted by Crippen LogP contribution is -2.31. The molecule has 9 heteroatoms. The van der Waals surface area contributed by atoms with E-state index in [-0.39, 0.29) is 5.75 Å². The molecule has 2 N–H and O–H groups in total. The predicted octanol–water partition coefficient (Wildman–Crippen LogP) is 7.23. The molecule has 0 bridgehead atoms. The van der Waals surface area contributed by atoms with Crippen LogP contribution in [0.1, 0.15) is 28.2 Å². The van der Waals surface area contributed by atoms with Crippen LogP contribution in [0.25, 0.3) is 11.1 Å². The molecule has 0 radical (unpaired) electrons. The Balaban J connectivity index is 1.38. The highest BCUT2D eigenvalue weighted by Crippen LogP contribution is 2.34. The molecule has 0 amide bonds. The number of hydrogen-bond acceptors (Lipinski definition) is 9. The van der Waals surface area contributed by atoms with E-state index in [4.69, 9.17) is 12.2 Å². The number of aliphatic imine (C=N–C) groups is 1. The molecule has 3 aromatic heterocycles. The van der Waals surface area contributed by atoms with Gasteiger partial charge in [-0.25, -0.2) is 0 Å². The van der Waals surface area contributed by atoms with Crippen molar-refractivity contribution in [2.75, 3.05) is 13.1 Å². The Labute approximate surface area is 286 Å². The average Bonchev–Trinajstić information content (AvgIpc) is 3.12. The lowest BCUT2D eigenvalue weighted by atomic mass is 9.97. The summed E-state index contributed by atoms with van der Waals surface area (Å²) in [6, 6.07) is 29.9. The second kappa shape index (κ2) is 16.5. The number of aromatic nitrogens is 3. The highest BCUT2D eigenvalue weighted by Gasteiger charge is 2.19. The van der Waals surface area contributed by atoms with Gasteiger partial charge in [0.1, 0.15) is 5.75 Å². The van der Waals surface area contributed by atoms with Gasteiger partial charge in [0.25, 0.3) is 0 Å². The minimum atomic E-state index is 0.282. The van der Waals surface area contributed by atoms with Gasteiger partial charge in [0, 0.05) is 81.2 Å². The predicted molar refractivity (Wildman–Crippen MR) is 193 cm³/mol. The van der Waals surface area contributed by atoms with Crippen molar-refractivity contribution in [2.45, 2.75) is 32.7 Å². The molecule has 0 aliphatic carbocycles. The summed E-state index contributed by atoms with van der Waals surface area (Å²) < 4.78 is 0. The maximum atomic E-state index is 12.0. The van der Waals surface area contributed by atoms with Gasteiger partial charge in [0.15, 0.2) is 0 Å². The van der Waals surface area contributed by atoms with Gasteiger partial charge < -0.3 is 10.4 Å². The monoisotopic (exact) mass is 651 g/mol. The number of pyridine rings is 3. The molecule has 0 fully saturated rings. The quantitative estimate of drug-likeness (QED) is 0.0961. The van der Waals surface area contributed by atoms with Gasteiger partial charge in [-0.3, -0.25) is 24.8 Å². The lowest BCUT2D eigenvalue weighted by Gasteiger charge is -2.27. The number of benzene rings is 2. The Morgan fingerprint density at radius 3 is 1.69 bits per heavy atom. The maximum Gasteiger partial charge on any atom is 0.124 e. The number of nitrogens with one attached hydrogen (secondary N) is 1. The minimum Gasteiger partial charge on any atom is -0.507 e. The van der Waals surface area contributed by atoms with Crippen LogP contribution in [-0.2, 0) is 32.7 Å². The van der Waals surface area contributed by atoms with Gasteiger partial charge in [-0.05, 0) is 90.1 Å². The van der Waals surface area contributed by atoms with Crippen molar-refractivity contribution in [1.82, 2.24) is 30.1 Å². The normalized spacial score (nSPS) is 12.4. The summed E-state index contributed by atoms with van der Waals surface area (Å²) >= 11 is 4.81. The largest absolute Gasteiger partial charge is 0.507 e. The molecule has 0 atom stereocenters. The zero-order valence-corrected chi connectivity index (χ0v) is 27.4. The fourth-order valence-corrected chi connectivity index (χ4v) is 5.88. The van der Waals surface area contributed by atoms with Gasteiger partial charge in [-0.1, -0.05) is 42.5 Å². The fraction of sp³-hybridized carbons (Fsp3) is 0.179. The first-order chi connectivity index (χ1) is 23.6. The number of rotatable bonds is 14. The number of phenolic OH excluding ortho intramolecular Hbond substituents is 1. The number of nitrogens with zero attached hydrogens (tertiary/aromatic N) is 6. The van der Waals surface area contributed by atoms with Crippen molar-refractivity contribution >= 4 is 23.1 Å². The third-order valence-electron chi connectivity index (χ3n) is 8.04. The standard InChI is InChI=1S/C39H37N7OS/c47-39-32(23-45(25-35-9-1-5-17-40-35)26-36-10-2-6-18-41-36)21-31(30-13-15-34(16-14-30)44-29-48)22-33(39)24-46(27-37-11-3-7-19-42-37)28-38-12-4-8-20-43-38/h1-19,21-22,43,47H,20,23-28H2. The second-order valence-corrected chi connectivity index (χ2v) is 11.8. The molecule has 4 heterocycles. The zero-order chi connectivity index (χ0) is 33.0. The molecule has 48 heavy (non-hydrogen) atoms. The molecule has 6 rings (SSSR count). The van der Waals surface area contributed by atoms with Crippen molar-refractivity contribution in [1.29, 1.82) is 0 Å². The van der Waals surface area contributed by atoms with Crippen LogP contribution >= 0.6 is 12.2 Å². The first-order valence-electron chi connectivity index (χ1n) is 15.9. The number of phenols is 1. The zero-order valence-electron chi connectivity index (χ0n) is 26.6. The Hall–Kier alpha value is -5.31. The first-order valence-corrected chi connectivity index (χ1v) is 16.3. The number of isothiocyanates is 1. The topological polar surface area (TPSA) is 89.8 Å². The van der Waals surface area contributed by atoms with Crippen LogP contribution in [-0.4, -0.2) is 48.1 Å². The Morgan fingerprint density at radius 1 is 0.688 bits per heavy atom. The molecule has 1 aliphatic rings. The van der Waals surface area contributed by atoms with Gasteiger partial charge in [0.05, 0.1) is 27.9 Å². The van der Waals surface area contributed by atoms with Gasteiger partial charge in [0.2, 0.25) is 0 Å². The van der Waals surface area contributed by atoms with E-state index in [0.717, 1.165) is 57.3 Å². The maximum absolute atomic E-state index is 12.0. The summed E-state index contributed by atoms with van der Waals surface area (Å²) in [5.41, 5.74) is 8.40. The van der Waals surface area contributed by atoms with Crippen LogP contribution in [0.3, 0.4) is 0 Å². The third-order valence-corrected chi connectivity index (χ3v) is 8.13. The molecule has 1 aliphatic heterocycles. The first kappa shape index (κ1) is 32.6. The van der Waals surface area contributed by atoms with E-state index >= 15 is 0 Å². The summed E-state index contributed by atoms with van der Waals surface area (Å²) in [7, 11) is 0. The van der Waals surface area contributed by atoms with Gasteiger partial charge >= 0.3 is 0 Å². The van der Waals surface area contributed by atoms with Crippen molar-refractivity contribution in [2.24, 2.45) is 4.99 Å². The van der Waals surface area contributed by atoms with Crippen LogP contribution in [0.5, 0.6) is 5.75 Å². The minimum absolute atomic E-state index is 0.282. The number of dihydropyridines is 1. The van der Waals surface area contributed by atoms with E-state index in [1.807, 2.05) is 97.5 Å². The van der Waals surface area contributed by atoms with Crippen LogP contribution in [0.4, 0.5) is 5.69 Å². The molecule has 0 unspecified atom stereocenters. The Morgan fingerprint density at radius 2 is 1.23 bits per heavy atom. The highest BCUT2D eigenvalue weighted by atomic mass is 32.1. The van der Waals surface area contributed by atoms with E-state index in [9.17, 15) is 5.11 Å². The molecule has 0 saturated carbocycles. The summed E-state index contributed by atoms with van der Waals surface area (Å²) in [5, 5.41) is 17.9. The van der Waals surface area contributed by atoms with Crippen molar-refractivity contribution in [3.8, 4) is 16.9 Å². The van der Waals surface area contributed by atoms with Gasteiger partial charge in [-0.15, -0.1) is 0 Å². The Bertz CT molecular complexity index is 1850. The van der Waals surface area contributed by atoms with E-state index < -0.39 is 0 Å². The van der Waals surface area contributed by atoms with E-state index in [1.165, 1.54) is 0 Å². The average molecular weight is 652 g/mol. The lowest BCUT2D eigenvalue weighted by molar-refractivity contribution is 0.237. The van der Waals surface area contributed by atoms with E-state index in [1.54, 1.807) is 0 Å². The van der Waals surface area contributed by atoms with E-state index in [2.05, 4.69) is 70.6 Å². The number of allylic oxidation sites excluding steroid dienone is 2. The molecule has 5 aromatic rings. The molecule has 0 spiro atoms. The van der Waals surface area contributed by atoms with Crippen LogP contribution in [0, 0.1) is 0 Å². The molecular formula is C39H37N7OS. The smallest absolute Gasteiger partial charge is 0.124 e. The van der Waals surface area contributed by atoms with Gasteiger partial charge in [-0.2, -0.15) is 4.99 Å². The molecule has 8 nitrogen and oxygen atoms in total. The van der Waals surface area contributed by atoms with Crippen LogP contribution < -0.4 is 5.32 Å². The summed E-state index contributed by atoms with van der Waals surface area (Å²) in [6.07, 6.45) is 11.7. The summed E-state index contributed by atoms with van der Waals surface area (Å²) in [4.78, 5) is 22.5. The summed E-state index contributed by atoms with van der Waals surface area (Å²) in [5.74, 6) is 0.282. The van der Waals surface area contributed by atoms with Crippen molar-refractivity contribution in [3.63, 3.8) is 0 Å². The van der Waals surface area contributed by atoms with Crippen molar-refractivity contribution in [3.05, 3.63) is 162 Å². The van der Waals surface area contributed by atoms with E-state index in [0.29, 0.717) is 39.3 Å². The Kier molecular flexibility index (Phi) is 11.2. The second-order valence-electron chi connectivity index (χ2n) is 11.6. The summed E-state index contributed by atoms with van der Waals surface area (Å²) in [6.45, 7) is 4.29. The van der Waals surface area contributed by atoms with Crippen LogP contribution in [0.15, 0.2) is 139 Å². The highest BCUT2D eigenvalue weighted by molar-refractivity contribution is 7.78. The number of hydrogen-bond donors (Lipinski definition) is 2. The molecule has 0 saturated heterocycles. The molecule has 2 aromatic carbocycles. The number of aromatic hydroxyl groups is 1. The molecular weight excluding hydrogens is 615 g/mol. The number of thiocarbonyl (C=S) groups is 1. The van der Waals surface area contributed by atoms with Crippen molar-refractivity contribution < 1.29 is 5.11 Å². The fourth-order valence-electron chi connectivity index (χ4n) is 5.78.